The van der Waals surface area contributed by atoms with E-state index in [0.29, 0.717) is 5.02 Å². The Bertz CT molecular complexity index is 465. The molecule has 1 aliphatic heterocycles. The number of nitrogens with zero attached hydrogens (tertiary/aromatic N) is 2. The second kappa shape index (κ2) is 6.73. The second-order valence-electron chi connectivity index (χ2n) is 4.61. The number of rotatable bonds is 3. The Labute approximate surface area is 119 Å². The van der Waals surface area contributed by atoms with Gasteiger partial charge in [0.2, 0.25) is 5.91 Å². The van der Waals surface area contributed by atoms with E-state index in [0.717, 1.165) is 38.3 Å². The molecule has 1 fully saturated rings. The molecule has 0 spiro atoms. The van der Waals surface area contributed by atoms with E-state index >= 15 is 0 Å². The molecule has 0 aliphatic carbocycles. The van der Waals surface area contributed by atoms with Gasteiger partial charge in [-0.2, -0.15) is 0 Å². The molecule has 1 heterocycles. The molecule has 1 aliphatic rings. The predicted molar refractivity (Wildman–Crippen MR) is 79.2 cm³/mol. The molecule has 0 unspecified atom stereocenters. The van der Waals surface area contributed by atoms with Gasteiger partial charge < -0.3 is 9.80 Å². The van der Waals surface area contributed by atoms with Crippen LogP contribution in [0.25, 0.3) is 6.08 Å². The van der Waals surface area contributed by atoms with Crippen LogP contribution in [-0.4, -0.2) is 48.4 Å². The van der Waals surface area contributed by atoms with Gasteiger partial charge in [0.25, 0.3) is 0 Å². The summed E-state index contributed by atoms with van der Waals surface area (Å²) in [5.74, 6) is 0.0654. The lowest BCUT2D eigenvalue weighted by atomic mass is 10.2. The maximum Gasteiger partial charge on any atom is 0.246 e. The third kappa shape index (κ3) is 3.82. The van der Waals surface area contributed by atoms with Crippen LogP contribution in [0, 0.1) is 0 Å². The zero-order valence-corrected chi connectivity index (χ0v) is 11.9. The maximum atomic E-state index is 12.1. The van der Waals surface area contributed by atoms with Crippen LogP contribution in [0.15, 0.2) is 30.3 Å². The molecule has 0 aromatic heterocycles. The third-order valence-corrected chi connectivity index (χ3v) is 3.79. The van der Waals surface area contributed by atoms with Crippen LogP contribution in [0.5, 0.6) is 0 Å². The van der Waals surface area contributed by atoms with E-state index < -0.39 is 0 Å². The first kappa shape index (κ1) is 14.1. The van der Waals surface area contributed by atoms with Gasteiger partial charge in [-0.1, -0.05) is 36.7 Å². The number of carbonyl (C=O) groups is 1. The van der Waals surface area contributed by atoms with Gasteiger partial charge in [-0.15, -0.1) is 0 Å². The second-order valence-corrected chi connectivity index (χ2v) is 5.02. The topological polar surface area (TPSA) is 23.6 Å². The highest BCUT2D eigenvalue weighted by Crippen LogP contribution is 2.16. The van der Waals surface area contributed by atoms with Crippen molar-refractivity contribution in [3.05, 3.63) is 40.9 Å². The molecule has 102 valence electrons. The smallest absolute Gasteiger partial charge is 0.246 e. The van der Waals surface area contributed by atoms with Crippen LogP contribution >= 0.6 is 11.6 Å². The number of hydrogen-bond donors (Lipinski definition) is 0. The van der Waals surface area contributed by atoms with Gasteiger partial charge in [-0.05, 0) is 24.3 Å². The molecule has 0 bridgehead atoms. The first-order valence-electron chi connectivity index (χ1n) is 6.64. The van der Waals surface area contributed by atoms with Crippen molar-refractivity contribution in [1.82, 2.24) is 9.80 Å². The van der Waals surface area contributed by atoms with Gasteiger partial charge >= 0.3 is 0 Å². The van der Waals surface area contributed by atoms with Crippen molar-refractivity contribution in [3.63, 3.8) is 0 Å². The lowest BCUT2D eigenvalue weighted by Gasteiger charge is -2.33. The van der Waals surface area contributed by atoms with Crippen LogP contribution in [-0.2, 0) is 4.79 Å². The Hall–Kier alpha value is -1.32. The summed E-state index contributed by atoms with van der Waals surface area (Å²) in [7, 11) is 0. The van der Waals surface area contributed by atoms with E-state index in [4.69, 9.17) is 11.6 Å². The van der Waals surface area contributed by atoms with E-state index in [-0.39, 0.29) is 5.91 Å². The Kier molecular flexibility index (Phi) is 5.00. The molecule has 0 atom stereocenters. The summed E-state index contributed by atoms with van der Waals surface area (Å²) in [6, 6.07) is 7.52. The van der Waals surface area contributed by atoms with Crippen LogP contribution in [0.3, 0.4) is 0 Å². The van der Waals surface area contributed by atoms with Crippen LogP contribution in [0.4, 0.5) is 0 Å². The van der Waals surface area contributed by atoms with E-state index in [9.17, 15) is 4.79 Å². The molecule has 1 aromatic carbocycles. The summed E-state index contributed by atoms with van der Waals surface area (Å²) in [5.41, 5.74) is 0.879. The largest absolute Gasteiger partial charge is 0.337 e. The minimum atomic E-state index is 0.0654. The van der Waals surface area contributed by atoms with Crippen molar-refractivity contribution >= 4 is 23.6 Å². The zero-order valence-electron chi connectivity index (χ0n) is 11.2. The highest BCUT2D eigenvalue weighted by molar-refractivity contribution is 6.32. The van der Waals surface area contributed by atoms with Crippen molar-refractivity contribution < 1.29 is 4.79 Å². The highest BCUT2D eigenvalue weighted by atomic mass is 35.5. The standard InChI is InChI=1S/C15H19ClN2O/c1-2-17-9-11-18(12-10-17)15(19)8-7-13-5-3-4-6-14(13)16/h3-8H,2,9-12H2,1H3. The number of halogens is 1. The number of benzene rings is 1. The van der Waals surface area contributed by atoms with Gasteiger partial charge in [0.15, 0.2) is 0 Å². The summed E-state index contributed by atoms with van der Waals surface area (Å²) < 4.78 is 0. The molecule has 19 heavy (non-hydrogen) atoms. The molecule has 1 amide bonds. The molecule has 4 heteroatoms. The number of carbonyl (C=O) groups excluding carboxylic acids is 1. The van der Waals surface area contributed by atoms with Crippen molar-refractivity contribution in [2.24, 2.45) is 0 Å². The third-order valence-electron chi connectivity index (χ3n) is 3.44. The predicted octanol–water partition coefficient (Wildman–Crippen LogP) is 2.52. The Morgan fingerprint density at radius 3 is 2.58 bits per heavy atom. The quantitative estimate of drug-likeness (QED) is 0.793. The number of likely N-dealkylation sites (N-methyl/N-ethyl adjacent to an activating group) is 1. The normalized spacial score (nSPS) is 17.1. The molecule has 1 saturated heterocycles. The Morgan fingerprint density at radius 1 is 1.26 bits per heavy atom. The zero-order chi connectivity index (χ0) is 13.7. The Balaban J connectivity index is 1.93. The van der Waals surface area contributed by atoms with Crippen molar-refractivity contribution in [1.29, 1.82) is 0 Å². The monoisotopic (exact) mass is 278 g/mol. The minimum absolute atomic E-state index is 0.0654. The Morgan fingerprint density at radius 2 is 1.95 bits per heavy atom. The minimum Gasteiger partial charge on any atom is -0.337 e. The number of hydrogen-bond acceptors (Lipinski definition) is 2. The van der Waals surface area contributed by atoms with Gasteiger partial charge in [0, 0.05) is 37.3 Å². The van der Waals surface area contributed by atoms with Crippen molar-refractivity contribution in [3.8, 4) is 0 Å². The summed E-state index contributed by atoms with van der Waals surface area (Å²) in [5, 5.41) is 0.669. The fraction of sp³-hybridized carbons (Fsp3) is 0.400. The first-order chi connectivity index (χ1) is 9.20. The van der Waals surface area contributed by atoms with Gasteiger partial charge in [-0.25, -0.2) is 0 Å². The lowest BCUT2D eigenvalue weighted by Crippen LogP contribution is -2.48. The fourth-order valence-electron chi connectivity index (χ4n) is 2.16. The molecule has 2 rings (SSSR count). The molecule has 0 radical (unpaired) electrons. The summed E-state index contributed by atoms with van der Waals surface area (Å²) >= 11 is 6.05. The van der Waals surface area contributed by atoms with Crippen LogP contribution < -0.4 is 0 Å². The molecule has 1 aromatic rings. The molecular formula is C15H19ClN2O. The summed E-state index contributed by atoms with van der Waals surface area (Å²) in [4.78, 5) is 16.3. The first-order valence-corrected chi connectivity index (χ1v) is 7.02. The SMILES string of the molecule is CCN1CCN(C(=O)C=Cc2ccccc2Cl)CC1. The fourth-order valence-corrected chi connectivity index (χ4v) is 2.36. The molecular weight excluding hydrogens is 260 g/mol. The van der Waals surface area contributed by atoms with Gasteiger partial charge in [-0.3, -0.25) is 4.79 Å². The number of amides is 1. The van der Waals surface area contributed by atoms with E-state index in [1.807, 2.05) is 29.2 Å². The van der Waals surface area contributed by atoms with Crippen molar-refractivity contribution in [2.75, 3.05) is 32.7 Å². The summed E-state index contributed by atoms with van der Waals surface area (Å²) in [6.45, 7) is 6.73. The van der Waals surface area contributed by atoms with Crippen LogP contribution in [0.2, 0.25) is 5.02 Å². The van der Waals surface area contributed by atoms with Crippen LogP contribution in [0.1, 0.15) is 12.5 Å². The highest BCUT2D eigenvalue weighted by Gasteiger charge is 2.18. The maximum absolute atomic E-state index is 12.1. The van der Waals surface area contributed by atoms with E-state index in [1.54, 1.807) is 12.2 Å². The van der Waals surface area contributed by atoms with Crippen molar-refractivity contribution in [2.45, 2.75) is 6.92 Å². The van der Waals surface area contributed by atoms with E-state index in [2.05, 4.69) is 11.8 Å². The average Bonchev–Trinajstić information content (AvgIpc) is 2.46. The van der Waals surface area contributed by atoms with Gasteiger partial charge in [0.05, 0.1) is 0 Å². The van der Waals surface area contributed by atoms with E-state index in [1.165, 1.54) is 0 Å². The van der Waals surface area contributed by atoms with Gasteiger partial charge in [0.1, 0.15) is 0 Å². The molecule has 0 saturated carbocycles. The summed E-state index contributed by atoms with van der Waals surface area (Å²) in [6.07, 6.45) is 3.40. The molecule has 0 N–H and O–H groups in total. The number of piperazine rings is 1. The average molecular weight is 279 g/mol. The molecule has 3 nitrogen and oxygen atoms in total. The lowest BCUT2D eigenvalue weighted by molar-refractivity contribution is -0.127.